The zero-order chi connectivity index (χ0) is 12.9. The van der Waals surface area contributed by atoms with E-state index in [0.29, 0.717) is 17.3 Å². The highest BCUT2D eigenvalue weighted by molar-refractivity contribution is 5.03. The Morgan fingerprint density at radius 2 is 1.76 bits per heavy atom. The van der Waals surface area contributed by atoms with Crippen molar-refractivity contribution < 1.29 is 10.2 Å². The molecule has 0 aromatic carbocycles. The van der Waals surface area contributed by atoms with E-state index in [9.17, 15) is 10.2 Å². The number of hydrogen-bond acceptors (Lipinski definition) is 2. The van der Waals surface area contributed by atoms with Gasteiger partial charge >= 0.3 is 0 Å². The Kier molecular flexibility index (Phi) is 3.11. The molecule has 4 atom stereocenters. The Morgan fingerprint density at radius 3 is 2.35 bits per heavy atom. The van der Waals surface area contributed by atoms with Gasteiger partial charge in [-0.2, -0.15) is 0 Å². The van der Waals surface area contributed by atoms with Crippen LogP contribution in [0.25, 0.3) is 0 Å². The zero-order valence-corrected chi connectivity index (χ0v) is 11.8. The molecule has 2 saturated carbocycles. The van der Waals surface area contributed by atoms with Crippen molar-refractivity contribution in [3.05, 3.63) is 0 Å². The molecule has 2 nitrogen and oxygen atoms in total. The maximum absolute atomic E-state index is 10.6. The van der Waals surface area contributed by atoms with Crippen molar-refractivity contribution in [3.8, 4) is 0 Å². The first kappa shape index (κ1) is 13.4. The highest BCUT2D eigenvalue weighted by atomic mass is 16.3. The number of aliphatic hydroxyl groups is 2. The number of hydrogen-bond donors (Lipinski definition) is 2. The summed E-state index contributed by atoms with van der Waals surface area (Å²) in [6.45, 7) is 8.17. The summed E-state index contributed by atoms with van der Waals surface area (Å²) in [5, 5.41) is 20.8. The summed E-state index contributed by atoms with van der Waals surface area (Å²) in [6.07, 6.45) is 6.55. The van der Waals surface area contributed by atoms with Crippen LogP contribution in [0.15, 0.2) is 0 Å². The molecule has 2 aliphatic rings. The molecule has 0 radical (unpaired) electrons. The van der Waals surface area contributed by atoms with Gasteiger partial charge in [-0.15, -0.1) is 0 Å². The molecule has 17 heavy (non-hydrogen) atoms. The third-order valence-corrected chi connectivity index (χ3v) is 5.61. The van der Waals surface area contributed by atoms with E-state index in [1.807, 2.05) is 20.8 Å². The molecule has 2 rings (SSSR count). The highest BCUT2D eigenvalue weighted by Crippen LogP contribution is 2.56. The van der Waals surface area contributed by atoms with E-state index in [-0.39, 0.29) is 0 Å². The standard InChI is InChI=1S/C15H28O2/c1-13(2,16)11-6-9-14(3)7-5-8-15(4,17)12(14)10-11/h11-12,16-17H,5-10H2,1-4H3/t11?,12?,14-,15-/m1/s1. The first-order valence-corrected chi connectivity index (χ1v) is 7.10. The summed E-state index contributed by atoms with van der Waals surface area (Å²) >= 11 is 0. The van der Waals surface area contributed by atoms with E-state index in [2.05, 4.69) is 6.92 Å². The Morgan fingerprint density at radius 1 is 1.12 bits per heavy atom. The largest absolute Gasteiger partial charge is 0.390 e. The Hall–Kier alpha value is -0.0800. The van der Waals surface area contributed by atoms with E-state index < -0.39 is 11.2 Å². The van der Waals surface area contributed by atoms with Crippen LogP contribution >= 0.6 is 0 Å². The smallest absolute Gasteiger partial charge is 0.0653 e. The maximum Gasteiger partial charge on any atom is 0.0653 e. The monoisotopic (exact) mass is 240 g/mol. The number of fused-ring (bicyclic) bond motifs is 1. The van der Waals surface area contributed by atoms with Gasteiger partial charge in [-0.05, 0) is 70.1 Å². The highest BCUT2D eigenvalue weighted by Gasteiger charge is 2.52. The molecule has 0 saturated heterocycles. The van der Waals surface area contributed by atoms with Crippen LogP contribution in [0.3, 0.4) is 0 Å². The van der Waals surface area contributed by atoms with Crippen molar-refractivity contribution in [3.63, 3.8) is 0 Å². The Balaban J connectivity index is 2.20. The van der Waals surface area contributed by atoms with Crippen LogP contribution < -0.4 is 0 Å². The van der Waals surface area contributed by atoms with Gasteiger partial charge in [0.1, 0.15) is 0 Å². The molecular weight excluding hydrogens is 212 g/mol. The second-order valence-corrected chi connectivity index (χ2v) is 7.54. The van der Waals surface area contributed by atoms with E-state index in [1.54, 1.807) is 0 Å². The van der Waals surface area contributed by atoms with Crippen LogP contribution in [0.2, 0.25) is 0 Å². The predicted octanol–water partition coefficient (Wildman–Crippen LogP) is 3.11. The van der Waals surface area contributed by atoms with Gasteiger partial charge in [0.15, 0.2) is 0 Å². The summed E-state index contributed by atoms with van der Waals surface area (Å²) in [6, 6.07) is 0. The molecule has 0 aromatic heterocycles. The first-order chi connectivity index (χ1) is 7.65. The van der Waals surface area contributed by atoms with Crippen molar-refractivity contribution >= 4 is 0 Å². The number of rotatable bonds is 1. The first-order valence-electron chi connectivity index (χ1n) is 7.10. The Bertz CT molecular complexity index is 290. The average molecular weight is 240 g/mol. The Labute approximate surface area is 105 Å². The summed E-state index contributed by atoms with van der Waals surface area (Å²) in [5.41, 5.74) is -0.838. The molecule has 0 amide bonds. The third kappa shape index (κ3) is 2.39. The normalized spacial score (nSPS) is 47.6. The van der Waals surface area contributed by atoms with Crippen LogP contribution in [0.5, 0.6) is 0 Å². The second kappa shape index (κ2) is 3.96. The quantitative estimate of drug-likeness (QED) is 0.739. The zero-order valence-electron chi connectivity index (χ0n) is 11.8. The fourth-order valence-electron chi connectivity index (χ4n) is 4.33. The van der Waals surface area contributed by atoms with Gasteiger partial charge in [0.05, 0.1) is 11.2 Å². The van der Waals surface area contributed by atoms with E-state index in [1.165, 1.54) is 6.42 Å². The van der Waals surface area contributed by atoms with Gasteiger partial charge in [0, 0.05) is 0 Å². The van der Waals surface area contributed by atoms with Crippen LogP contribution in [-0.4, -0.2) is 21.4 Å². The minimum absolute atomic E-state index is 0.295. The lowest BCUT2D eigenvalue weighted by atomic mass is 9.52. The van der Waals surface area contributed by atoms with Gasteiger partial charge in [0.2, 0.25) is 0 Å². The van der Waals surface area contributed by atoms with Gasteiger partial charge in [-0.25, -0.2) is 0 Å². The molecule has 0 heterocycles. The summed E-state index contributed by atoms with van der Waals surface area (Å²) in [7, 11) is 0. The van der Waals surface area contributed by atoms with Crippen LogP contribution in [-0.2, 0) is 0 Å². The van der Waals surface area contributed by atoms with Crippen LogP contribution in [0.1, 0.15) is 66.2 Å². The van der Waals surface area contributed by atoms with Crippen molar-refractivity contribution in [1.82, 2.24) is 0 Å². The molecule has 0 spiro atoms. The predicted molar refractivity (Wildman–Crippen MR) is 69.7 cm³/mol. The molecule has 2 fully saturated rings. The molecule has 2 aliphatic carbocycles. The van der Waals surface area contributed by atoms with Crippen molar-refractivity contribution in [1.29, 1.82) is 0 Å². The third-order valence-electron chi connectivity index (χ3n) is 5.61. The van der Waals surface area contributed by atoms with Crippen LogP contribution in [0.4, 0.5) is 0 Å². The summed E-state index contributed by atoms with van der Waals surface area (Å²) < 4.78 is 0. The van der Waals surface area contributed by atoms with Crippen molar-refractivity contribution in [2.24, 2.45) is 17.3 Å². The molecular formula is C15H28O2. The second-order valence-electron chi connectivity index (χ2n) is 7.54. The van der Waals surface area contributed by atoms with Crippen molar-refractivity contribution in [2.75, 3.05) is 0 Å². The summed E-state index contributed by atoms with van der Waals surface area (Å²) in [5.74, 6) is 0.694. The van der Waals surface area contributed by atoms with E-state index in [4.69, 9.17) is 0 Å². The summed E-state index contributed by atoms with van der Waals surface area (Å²) in [4.78, 5) is 0. The van der Waals surface area contributed by atoms with Gasteiger partial charge in [-0.3, -0.25) is 0 Å². The maximum atomic E-state index is 10.6. The lowest BCUT2D eigenvalue weighted by Gasteiger charge is -2.55. The topological polar surface area (TPSA) is 40.5 Å². The van der Waals surface area contributed by atoms with E-state index in [0.717, 1.165) is 32.1 Å². The van der Waals surface area contributed by atoms with Gasteiger partial charge in [-0.1, -0.05) is 13.3 Å². The molecule has 0 aliphatic heterocycles. The van der Waals surface area contributed by atoms with Crippen molar-refractivity contribution in [2.45, 2.75) is 77.4 Å². The SMILES string of the molecule is CC(C)(O)C1CC[C@@]2(C)CCC[C@@](C)(O)C2C1. The molecule has 2 unspecified atom stereocenters. The fraction of sp³-hybridized carbons (Fsp3) is 1.00. The average Bonchev–Trinajstić information content (AvgIpc) is 2.14. The molecule has 2 N–H and O–H groups in total. The minimum atomic E-state index is -0.602. The van der Waals surface area contributed by atoms with Gasteiger partial charge in [0.25, 0.3) is 0 Å². The lowest BCUT2D eigenvalue weighted by Crippen LogP contribution is -2.53. The van der Waals surface area contributed by atoms with Crippen LogP contribution in [0, 0.1) is 17.3 Å². The van der Waals surface area contributed by atoms with E-state index >= 15 is 0 Å². The van der Waals surface area contributed by atoms with Gasteiger partial charge < -0.3 is 10.2 Å². The lowest BCUT2D eigenvalue weighted by molar-refractivity contribution is -0.143. The molecule has 0 bridgehead atoms. The minimum Gasteiger partial charge on any atom is -0.390 e. The molecule has 2 heteroatoms. The molecule has 100 valence electrons. The fourth-order valence-corrected chi connectivity index (χ4v) is 4.33. The molecule has 0 aromatic rings.